The maximum Gasteiger partial charge on any atom is 0.339 e. The van der Waals surface area contributed by atoms with Crippen LogP contribution >= 0.6 is 12.2 Å². The molecule has 2 aliphatic heterocycles. The van der Waals surface area contributed by atoms with Crippen LogP contribution in [0, 0.1) is 0 Å². The third-order valence-electron chi connectivity index (χ3n) is 5.34. The van der Waals surface area contributed by atoms with Crippen LogP contribution < -0.4 is 5.32 Å². The lowest BCUT2D eigenvalue weighted by Gasteiger charge is -2.39. The number of nitrogens with zero attached hydrogens (tertiary/aromatic N) is 2. The van der Waals surface area contributed by atoms with Gasteiger partial charge in [-0.05, 0) is 50.0 Å². The Morgan fingerprint density at radius 3 is 2.81 bits per heavy atom. The summed E-state index contributed by atoms with van der Waals surface area (Å²) in [4.78, 5) is 16.8. The number of piperidine rings is 1. The Morgan fingerprint density at radius 1 is 1.26 bits per heavy atom. The first-order valence-electron chi connectivity index (χ1n) is 9.74. The van der Waals surface area contributed by atoms with Crippen LogP contribution in [0.5, 0.6) is 0 Å². The predicted octanol–water partition coefficient (Wildman–Crippen LogP) is 2.75. The van der Waals surface area contributed by atoms with E-state index >= 15 is 0 Å². The van der Waals surface area contributed by atoms with Crippen molar-refractivity contribution in [3.8, 4) is 0 Å². The molecule has 1 aromatic carbocycles. The van der Waals surface area contributed by atoms with Crippen molar-refractivity contribution in [3.05, 3.63) is 29.8 Å². The first-order chi connectivity index (χ1) is 13.2. The predicted molar refractivity (Wildman–Crippen MR) is 110 cm³/mol. The lowest BCUT2D eigenvalue weighted by Crippen LogP contribution is -2.48. The maximum absolute atomic E-state index is 12.0. The van der Waals surface area contributed by atoms with Crippen molar-refractivity contribution in [2.75, 3.05) is 51.8 Å². The summed E-state index contributed by atoms with van der Waals surface area (Å²) in [6.07, 6.45) is 4.64. The van der Waals surface area contributed by atoms with Crippen LogP contribution in [0.3, 0.4) is 0 Å². The quantitative estimate of drug-likeness (QED) is 0.612. The number of carbonyl (C=O) groups excluding carboxylic acids is 1. The molecule has 2 aliphatic rings. The highest BCUT2D eigenvalue weighted by Crippen LogP contribution is 2.23. The molecule has 6 nitrogen and oxygen atoms in total. The number of thiocarbonyl (C=S) groups is 1. The van der Waals surface area contributed by atoms with E-state index in [1.54, 1.807) is 6.07 Å². The largest absolute Gasteiger partial charge is 0.465 e. The second-order valence-electron chi connectivity index (χ2n) is 7.05. The minimum atomic E-state index is -0.358. The van der Waals surface area contributed by atoms with E-state index in [0.717, 1.165) is 58.7 Å². The highest BCUT2D eigenvalue weighted by molar-refractivity contribution is 7.80. The Morgan fingerprint density at radius 2 is 2.04 bits per heavy atom. The van der Waals surface area contributed by atoms with Gasteiger partial charge in [0.05, 0.1) is 31.6 Å². The summed E-state index contributed by atoms with van der Waals surface area (Å²) in [5, 5.41) is 3.98. The third-order valence-corrected chi connectivity index (χ3v) is 5.68. The molecule has 0 radical (unpaired) electrons. The number of carbonyl (C=O) groups is 1. The standard InChI is InChI=1S/C20H29N3O3S/c1-25-19(24)17-7-2-3-8-18(17)21-20(27)23-10-5-4-6-16(23)9-11-22-12-14-26-15-13-22/h2-3,7-8,16H,4-6,9-15H2,1H3,(H,21,27). The van der Waals surface area contributed by atoms with E-state index in [4.69, 9.17) is 21.7 Å². The smallest absolute Gasteiger partial charge is 0.339 e. The summed E-state index contributed by atoms with van der Waals surface area (Å²) in [7, 11) is 1.39. The number of rotatable bonds is 5. The second-order valence-corrected chi connectivity index (χ2v) is 7.44. The Balaban J connectivity index is 1.62. The Hall–Kier alpha value is -1.70. The van der Waals surface area contributed by atoms with Crippen LogP contribution in [0.15, 0.2) is 24.3 Å². The fourth-order valence-electron chi connectivity index (χ4n) is 3.79. The zero-order chi connectivity index (χ0) is 19.1. The monoisotopic (exact) mass is 391 g/mol. The molecule has 2 heterocycles. The number of hydrogen-bond acceptors (Lipinski definition) is 5. The molecule has 1 N–H and O–H groups in total. The number of ether oxygens (including phenoxy) is 2. The summed E-state index contributed by atoms with van der Waals surface area (Å²) in [5.74, 6) is -0.358. The molecular formula is C20H29N3O3S. The molecule has 0 spiro atoms. The van der Waals surface area contributed by atoms with Gasteiger partial charge in [0, 0.05) is 32.2 Å². The molecule has 148 valence electrons. The molecule has 2 saturated heterocycles. The van der Waals surface area contributed by atoms with Gasteiger partial charge in [0.2, 0.25) is 0 Å². The van der Waals surface area contributed by atoms with Crippen LogP contribution in [0.1, 0.15) is 36.0 Å². The van der Waals surface area contributed by atoms with Crippen LogP contribution in [-0.4, -0.2) is 73.4 Å². The Bertz CT molecular complexity index is 649. The second kappa shape index (κ2) is 10.0. The number of benzene rings is 1. The third kappa shape index (κ3) is 5.40. The Kier molecular flexibility index (Phi) is 7.43. The summed E-state index contributed by atoms with van der Waals surface area (Å²) < 4.78 is 10.3. The number of para-hydroxylation sites is 1. The SMILES string of the molecule is COC(=O)c1ccccc1NC(=S)N1CCCCC1CCN1CCOCC1. The summed E-state index contributed by atoms with van der Waals surface area (Å²) in [5.41, 5.74) is 1.20. The fraction of sp³-hybridized carbons (Fsp3) is 0.600. The van der Waals surface area contributed by atoms with Crippen LogP contribution in [0.4, 0.5) is 5.69 Å². The van der Waals surface area contributed by atoms with Gasteiger partial charge in [-0.15, -0.1) is 0 Å². The highest BCUT2D eigenvalue weighted by Gasteiger charge is 2.26. The van der Waals surface area contributed by atoms with E-state index in [2.05, 4.69) is 15.1 Å². The summed E-state index contributed by atoms with van der Waals surface area (Å²) in [6.45, 7) is 5.73. The van der Waals surface area contributed by atoms with Crippen molar-refractivity contribution in [1.82, 2.24) is 9.80 Å². The van der Waals surface area contributed by atoms with E-state index in [1.807, 2.05) is 18.2 Å². The lowest BCUT2D eigenvalue weighted by molar-refractivity contribution is 0.0338. The number of esters is 1. The minimum absolute atomic E-state index is 0.358. The summed E-state index contributed by atoms with van der Waals surface area (Å²) >= 11 is 5.72. The van der Waals surface area contributed by atoms with E-state index in [-0.39, 0.29) is 5.97 Å². The van der Waals surface area contributed by atoms with Gasteiger partial charge in [0.1, 0.15) is 0 Å². The fourth-order valence-corrected chi connectivity index (χ4v) is 4.14. The van der Waals surface area contributed by atoms with Gasteiger partial charge in [-0.25, -0.2) is 4.79 Å². The van der Waals surface area contributed by atoms with Gasteiger partial charge < -0.3 is 19.7 Å². The normalized spacial score (nSPS) is 20.9. The van der Waals surface area contributed by atoms with Gasteiger partial charge in [-0.3, -0.25) is 4.90 Å². The van der Waals surface area contributed by atoms with Crippen molar-refractivity contribution in [3.63, 3.8) is 0 Å². The molecular weight excluding hydrogens is 362 g/mol. The van der Waals surface area contributed by atoms with Crippen LogP contribution in [-0.2, 0) is 9.47 Å². The van der Waals surface area contributed by atoms with Gasteiger partial charge in [-0.1, -0.05) is 12.1 Å². The zero-order valence-electron chi connectivity index (χ0n) is 16.0. The maximum atomic E-state index is 12.0. The van der Waals surface area contributed by atoms with Crippen molar-refractivity contribution < 1.29 is 14.3 Å². The van der Waals surface area contributed by atoms with E-state index in [9.17, 15) is 4.79 Å². The Labute approximate surface area is 166 Å². The number of likely N-dealkylation sites (tertiary alicyclic amines) is 1. The van der Waals surface area contributed by atoms with Gasteiger partial charge in [0.15, 0.2) is 5.11 Å². The first-order valence-corrected chi connectivity index (χ1v) is 10.1. The molecule has 0 aliphatic carbocycles. The topological polar surface area (TPSA) is 54.0 Å². The molecule has 0 saturated carbocycles. The molecule has 0 aromatic heterocycles. The average Bonchev–Trinajstić information content (AvgIpc) is 2.73. The van der Waals surface area contributed by atoms with Crippen molar-refractivity contribution in [2.24, 2.45) is 0 Å². The lowest BCUT2D eigenvalue weighted by atomic mass is 9.99. The molecule has 7 heteroatoms. The number of anilines is 1. The molecule has 1 aromatic rings. The van der Waals surface area contributed by atoms with Crippen LogP contribution in [0.2, 0.25) is 0 Å². The molecule has 3 rings (SSSR count). The first kappa shape index (κ1) is 20.0. The molecule has 1 unspecified atom stereocenters. The van der Waals surface area contributed by atoms with Crippen molar-refractivity contribution in [1.29, 1.82) is 0 Å². The molecule has 1 atom stereocenters. The molecule has 0 amide bonds. The minimum Gasteiger partial charge on any atom is -0.465 e. The number of methoxy groups -OCH3 is 1. The van der Waals surface area contributed by atoms with Gasteiger partial charge in [0.25, 0.3) is 0 Å². The van der Waals surface area contributed by atoms with E-state index in [0.29, 0.717) is 22.4 Å². The average molecular weight is 392 g/mol. The number of morpholine rings is 1. The van der Waals surface area contributed by atoms with Crippen molar-refractivity contribution in [2.45, 2.75) is 31.7 Å². The van der Waals surface area contributed by atoms with E-state index in [1.165, 1.54) is 13.5 Å². The molecule has 2 fully saturated rings. The number of hydrogen-bond donors (Lipinski definition) is 1. The van der Waals surface area contributed by atoms with E-state index < -0.39 is 0 Å². The molecule has 0 bridgehead atoms. The van der Waals surface area contributed by atoms with Crippen molar-refractivity contribution >= 4 is 29.0 Å². The molecule has 27 heavy (non-hydrogen) atoms. The zero-order valence-corrected chi connectivity index (χ0v) is 16.8. The van der Waals surface area contributed by atoms with Gasteiger partial charge in [-0.2, -0.15) is 0 Å². The highest BCUT2D eigenvalue weighted by atomic mass is 32.1. The van der Waals surface area contributed by atoms with Crippen LogP contribution in [0.25, 0.3) is 0 Å². The number of nitrogens with one attached hydrogen (secondary N) is 1. The van der Waals surface area contributed by atoms with Gasteiger partial charge >= 0.3 is 5.97 Å². The summed E-state index contributed by atoms with van der Waals surface area (Å²) in [6, 6.07) is 7.77.